The van der Waals surface area contributed by atoms with Gasteiger partial charge in [-0.2, -0.15) is 0 Å². The topological polar surface area (TPSA) is 6.48 Å². The van der Waals surface area contributed by atoms with Crippen LogP contribution in [0.4, 0.5) is 34.1 Å². The van der Waals surface area contributed by atoms with Gasteiger partial charge in [-0.25, -0.2) is 0 Å². The van der Waals surface area contributed by atoms with Gasteiger partial charge in [0.05, 0.1) is 11.4 Å². The molecule has 0 aliphatic rings. The normalized spacial score (nSPS) is 11.3. The molecule has 2 heteroatoms. The number of para-hydroxylation sites is 2. The highest BCUT2D eigenvalue weighted by atomic mass is 15.2. The van der Waals surface area contributed by atoms with Gasteiger partial charge in [-0.15, -0.1) is 0 Å². The zero-order chi connectivity index (χ0) is 57.2. The molecule has 404 valence electrons. The maximum Gasteiger partial charge on any atom is 0.0618 e. The first-order valence-corrected chi connectivity index (χ1v) is 29.6. The van der Waals surface area contributed by atoms with Gasteiger partial charge in [0.2, 0.25) is 0 Å². The molecule has 0 aromatic heterocycles. The Morgan fingerprint density at radius 1 is 0.163 bits per heavy atom. The predicted molar refractivity (Wildman–Crippen MR) is 366 cm³/mol. The molecule has 15 aromatic rings. The lowest BCUT2D eigenvalue weighted by molar-refractivity contribution is 1.25. The average molecular weight is 1100 g/mol. The lowest BCUT2D eigenvalue weighted by Gasteiger charge is -2.34. The van der Waals surface area contributed by atoms with Crippen LogP contribution in [0, 0.1) is 0 Å². The van der Waals surface area contributed by atoms with Crippen LogP contribution in [-0.4, -0.2) is 0 Å². The largest absolute Gasteiger partial charge is 0.309 e. The molecule has 0 fully saturated rings. The SMILES string of the molecule is c1ccc(-c2cccc(N(c3cc(-c4cccc(-c5c6ccccc6cc6ccccc56)c4)cc(N(c4ccc5ccccc5c4)c4c(-c5ccccc5)cccc4-c4ccccc4)c3)c3c(-c4ccccc4)cccc3-c3ccccc3)c2)cc1. The van der Waals surface area contributed by atoms with E-state index in [1.54, 1.807) is 0 Å². The van der Waals surface area contributed by atoms with E-state index < -0.39 is 0 Å². The van der Waals surface area contributed by atoms with Gasteiger partial charge in [0.1, 0.15) is 0 Å². The summed E-state index contributed by atoms with van der Waals surface area (Å²) in [6, 6.07) is 129. The molecule has 0 saturated heterocycles. The highest BCUT2D eigenvalue weighted by Gasteiger charge is 2.28. The van der Waals surface area contributed by atoms with Gasteiger partial charge in [-0.1, -0.05) is 297 Å². The monoisotopic (exact) mass is 1090 g/mol. The summed E-state index contributed by atoms with van der Waals surface area (Å²) in [6.07, 6.45) is 0. The number of benzene rings is 15. The standard InChI is InChI=1S/C84H58N2/c1-6-26-59(27-7-1)67-41-23-43-72(54-67)85(83-78(61-29-8-2-9-30-61)46-24-47-79(83)62-31-10-3-11-32-62)74-56-71(65-40-22-42-70(52-65)82-76-44-20-18-38-68(76)53-69-39-19-21-45-77(69)82)57-75(58-74)86(73-51-50-60-28-16-17-37-66(60)55-73)84-80(63-33-12-4-13-34-63)48-25-49-81(84)64-35-14-5-15-36-64/h1-58H. The van der Waals surface area contributed by atoms with Crippen molar-refractivity contribution in [2.45, 2.75) is 0 Å². The molecule has 2 nitrogen and oxygen atoms in total. The molecule has 0 amide bonds. The quantitative estimate of drug-likeness (QED) is 0.106. The van der Waals surface area contributed by atoms with Crippen LogP contribution in [0.3, 0.4) is 0 Å². The molecule has 86 heavy (non-hydrogen) atoms. The van der Waals surface area contributed by atoms with Crippen molar-refractivity contribution in [1.82, 2.24) is 0 Å². The molecule has 0 saturated carbocycles. The summed E-state index contributed by atoms with van der Waals surface area (Å²) in [6.45, 7) is 0. The zero-order valence-corrected chi connectivity index (χ0v) is 47.4. The Morgan fingerprint density at radius 3 is 1.00 bits per heavy atom. The summed E-state index contributed by atoms with van der Waals surface area (Å²) < 4.78 is 0. The van der Waals surface area contributed by atoms with Gasteiger partial charge in [-0.05, 0) is 143 Å². The second-order valence-corrected chi connectivity index (χ2v) is 22.0. The van der Waals surface area contributed by atoms with E-state index in [1.807, 2.05) is 0 Å². The highest BCUT2D eigenvalue weighted by Crippen LogP contribution is 2.53. The van der Waals surface area contributed by atoms with Crippen molar-refractivity contribution >= 4 is 66.4 Å². The predicted octanol–water partition coefficient (Wildman–Crippen LogP) is 23.8. The van der Waals surface area contributed by atoms with Crippen molar-refractivity contribution < 1.29 is 0 Å². The summed E-state index contributed by atoms with van der Waals surface area (Å²) in [7, 11) is 0. The molecule has 0 heterocycles. The van der Waals surface area contributed by atoms with Crippen LogP contribution in [0.2, 0.25) is 0 Å². The third-order valence-corrected chi connectivity index (χ3v) is 16.7. The Hall–Kier alpha value is -11.3. The number of rotatable bonds is 13. The van der Waals surface area contributed by atoms with E-state index in [9.17, 15) is 0 Å². The van der Waals surface area contributed by atoms with E-state index in [1.165, 1.54) is 32.5 Å². The third-order valence-electron chi connectivity index (χ3n) is 16.7. The molecule has 0 spiro atoms. The number of hydrogen-bond acceptors (Lipinski definition) is 2. The van der Waals surface area contributed by atoms with Gasteiger partial charge in [0.25, 0.3) is 0 Å². The van der Waals surface area contributed by atoms with E-state index in [0.717, 1.165) is 112 Å². The molecule has 0 N–H and O–H groups in total. The van der Waals surface area contributed by atoms with E-state index in [2.05, 4.69) is 362 Å². The molecule has 15 rings (SSSR count). The molecule has 0 unspecified atom stereocenters. The summed E-state index contributed by atoms with van der Waals surface area (Å²) in [5.74, 6) is 0. The smallest absolute Gasteiger partial charge is 0.0618 e. The van der Waals surface area contributed by atoms with Crippen LogP contribution >= 0.6 is 0 Å². The number of anilines is 6. The van der Waals surface area contributed by atoms with Crippen molar-refractivity contribution in [3.63, 3.8) is 0 Å². The molecule has 0 radical (unpaired) electrons. The lowest BCUT2D eigenvalue weighted by Crippen LogP contribution is -2.16. The average Bonchev–Trinajstić information content (AvgIpc) is 1.27. The van der Waals surface area contributed by atoms with Crippen molar-refractivity contribution in [2.75, 3.05) is 9.80 Å². The second-order valence-electron chi connectivity index (χ2n) is 22.0. The van der Waals surface area contributed by atoms with Gasteiger partial charge >= 0.3 is 0 Å². The van der Waals surface area contributed by atoms with Crippen molar-refractivity contribution in [1.29, 1.82) is 0 Å². The fourth-order valence-corrected chi connectivity index (χ4v) is 12.8. The van der Waals surface area contributed by atoms with Crippen LogP contribution in [0.1, 0.15) is 0 Å². The Labute approximate surface area is 503 Å². The second kappa shape index (κ2) is 22.8. The Bertz CT molecular complexity index is 4750. The van der Waals surface area contributed by atoms with E-state index in [0.29, 0.717) is 0 Å². The number of hydrogen-bond donors (Lipinski definition) is 0. The van der Waals surface area contributed by atoms with Gasteiger partial charge < -0.3 is 9.80 Å². The molecule has 0 aliphatic carbocycles. The number of nitrogens with zero attached hydrogens (tertiary/aromatic N) is 2. The Kier molecular flexibility index (Phi) is 13.7. The maximum absolute atomic E-state index is 2.53. The Balaban J connectivity index is 1.09. The summed E-state index contributed by atoms with van der Waals surface area (Å²) in [4.78, 5) is 5.07. The van der Waals surface area contributed by atoms with Gasteiger partial charge in [0.15, 0.2) is 0 Å². The molecular weight excluding hydrogens is 1040 g/mol. The van der Waals surface area contributed by atoms with Crippen molar-refractivity contribution in [3.05, 3.63) is 352 Å². The van der Waals surface area contributed by atoms with Crippen molar-refractivity contribution in [2.24, 2.45) is 0 Å². The van der Waals surface area contributed by atoms with E-state index in [-0.39, 0.29) is 0 Å². The minimum atomic E-state index is 0.994. The van der Waals surface area contributed by atoms with Crippen molar-refractivity contribution in [3.8, 4) is 77.9 Å². The van der Waals surface area contributed by atoms with E-state index >= 15 is 0 Å². The van der Waals surface area contributed by atoms with Gasteiger partial charge in [-0.3, -0.25) is 0 Å². The fourth-order valence-electron chi connectivity index (χ4n) is 12.8. The van der Waals surface area contributed by atoms with Crippen LogP contribution in [0.25, 0.3) is 110 Å². The van der Waals surface area contributed by atoms with Gasteiger partial charge in [0, 0.05) is 45.0 Å². The number of fused-ring (bicyclic) bond motifs is 3. The lowest BCUT2D eigenvalue weighted by atomic mass is 9.90. The van der Waals surface area contributed by atoms with Crippen LogP contribution < -0.4 is 9.80 Å². The molecule has 0 aliphatic heterocycles. The summed E-state index contributed by atoms with van der Waals surface area (Å²) >= 11 is 0. The van der Waals surface area contributed by atoms with E-state index in [4.69, 9.17) is 0 Å². The minimum absolute atomic E-state index is 0.994. The first kappa shape index (κ1) is 51.6. The van der Waals surface area contributed by atoms with Crippen LogP contribution in [0.15, 0.2) is 352 Å². The molecule has 0 bridgehead atoms. The third kappa shape index (κ3) is 9.85. The molecule has 0 atom stereocenters. The zero-order valence-electron chi connectivity index (χ0n) is 47.4. The summed E-state index contributed by atoms with van der Waals surface area (Å²) in [5.41, 5.74) is 22.0. The Morgan fingerprint density at radius 2 is 0.512 bits per heavy atom. The summed E-state index contributed by atoms with van der Waals surface area (Å²) in [5, 5.41) is 7.21. The minimum Gasteiger partial charge on any atom is -0.309 e. The fraction of sp³-hybridized carbons (Fsp3) is 0. The molecular formula is C84H58N2. The highest BCUT2D eigenvalue weighted by molar-refractivity contribution is 6.13. The maximum atomic E-state index is 2.53. The molecule has 15 aromatic carbocycles. The van der Waals surface area contributed by atoms with Crippen LogP contribution in [0.5, 0.6) is 0 Å². The van der Waals surface area contributed by atoms with Crippen LogP contribution in [-0.2, 0) is 0 Å². The first-order valence-electron chi connectivity index (χ1n) is 29.6. The first-order chi connectivity index (χ1) is 42.7.